The number of fused-ring (bicyclic) bond motifs is 1. The van der Waals surface area contributed by atoms with Gasteiger partial charge in [-0.3, -0.25) is 0 Å². The van der Waals surface area contributed by atoms with E-state index in [2.05, 4.69) is 0 Å². The molecule has 3 aromatic rings. The van der Waals surface area contributed by atoms with E-state index in [1.165, 1.54) is 6.07 Å². The van der Waals surface area contributed by atoms with Gasteiger partial charge in [-0.1, -0.05) is 30.3 Å². The first kappa shape index (κ1) is 13.4. The second-order valence-electron chi connectivity index (χ2n) is 4.29. The molecule has 2 N–H and O–H groups in total. The molecule has 0 spiro atoms. The van der Waals surface area contributed by atoms with E-state index in [9.17, 15) is 9.00 Å². The quantitative estimate of drug-likeness (QED) is 0.751. The van der Waals surface area contributed by atoms with Crippen LogP contribution in [0, 0.1) is 0 Å². The van der Waals surface area contributed by atoms with E-state index in [1.54, 1.807) is 42.5 Å². The van der Waals surface area contributed by atoms with E-state index < -0.39 is 16.7 Å². The average molecular weight is 301 g/mol. The van der Waals surface area contributed by atoms with E-state index in [-0.39, 0.29) is 17.0 Å². The van der Waals surface area contributed by atoms with Crippen molar-refractivity contribution in [2.45, 2.75) is 4.90 Å². The maximum atomic E-state index is 12.2. The monoisotopic (exact) mass is 301 g/mol. The van der Waals surface area contributed by atoms with Gasteiger partial charge >= 0.3 is 5.63 Å². The van der Waals surface area contributed by atoms with Crippen LogP contribution in [0.1, 0.15) is 0 Å². The molecule has 0 saturated carbocycles. The van der Waals surface area contributed by atoms with E-state index >= 15 is 0 Å². The highest BCUT2D eigenvalue weighted by Crippen LogP contribution is 2.27. The first-order chi connectivity index (χ1) is 10.1. The number of nitrogens with two attached hydrogens (primary N) is 1. The van der Waals surface area contributed by atoms with Gasteiger partial charge < -0.3 is 14.3 Å². The van der Waals surface area contributed by atoms with Crippen LogP contribution in [0.3, 0.4) is 0 Å². The summed E-state index contributed by atoms with van der Waals surface area (Å²) >= 11 is -1.70. The van der Waals surface area contributed by atoms with Crippen molar-refractivity contribution in [1.29, 1.82) is 0 Å². The maximum Gasteiger partial charge on any atom is 0.359 e. The Morgan fingerprint density at radius 2 is 1.81 bits per heavy atom. The minimum absolute atomic E-state index is 0.0174. The topological polar surface area (TPSA) is 82.5 Å². The third kappa shape index (κ3) is 2.66. The largest absolute Gasteiger partial charge is 0.417 e. The Bertz CT molecular complexity index is 874. The van der Waals surface area contributed by atoms with Crippen LogP contribution in [0.4, 0.5) is 5.69 Å². The summed E-state index contributed by atoms with van der Waals surface area (Å²) in [7, 11) is 0. The number of hydrogen-bond acceptors (Lipinski definition) is 5. The minimum Gasteiger partial charge on any atom is -0.417 e. The van der Waals surface area contributed by atoms with Crippen LogP contribution >= 0.6 is 0 Å². The molecule has 106 valence electrons. The SMILES string of the molecule is Nc1cc2cccc(OS(=O)c3ccccc3)c2oc1=O. The Kier molecular flexibility index (Phi) is 3.45. The molecule has 0 fully saturated rings. The van der Waals surface area contributed by atoms with Crippen molar-refractivity contribution in [3.63, 3.8) is 0 Å². The van der Waals surface area contributed by atoms with Crippen molar-refractivity contribution in [1.82, 2.24) is 0 Å². The molecule has 0 aliphatic heterocycles. The van der Waals surface area contributed by atoms with Crippen molar-refractivity contribution in [2.75, 3.05) is 5.73 Å². The van der Waals surface area contributed by atoms with Crippen LogP contribution in [0.5, 0.6) is 5.75 Å². The van der Waals surface area contributed by atoms with E-state index in [4.69, 9.17) is 14.3 Å². The zero-order valence-electron chi connectivity index (χ0n) is 10.8. The summed E-state index contributed by atoms with van der Waals surface area (Å²) < 4.78 is 22.7. The number of benzene rings is 2. The summed E-state index contributed by atoms with van der Waals surface area (Å²) in [6.07, 6.45) is 0. The third-order valence-electron chi connectivity index (χ3n) is 2.85. The van der Waals surface area contributed by atoms with Gasteiger partial charge in [0, 0.05) is 5.39 Å². The molecule has 0 aliphatic rings. The first-order valence-corrected chi connectivity index (χ1v) is 7.20. The van der Waals surface area contributed by atoms with Gasteiger partial charge in [0.15, 0.2) is 11.3 Å². The molecule has 21 heavy (non-hydrogen) atoms. The Morgan fingerprint density at radius 3 is 2.57 bits per heavy atom. The Hall–Kier alpha value is -2.60. The Labute approximate surface area is 122 Å². The van der Waals surface area contributed by atoms with Crippen molar-refractivity contribution in [3.8, 4) is 5.75 Å². The van der Waals surface area contributed by atoms with E-state index in [0.717, 1.165) is 0 Å². The van der Waals surface area contributed by atoms with E-state index in [1.807, 2.05) is 6.07 Å². The van der Waals surface area contributed by atoms with Crippen LogP contribution in [-0.4, -0.2) is 4.21 Å². The highest BCUT2D eigenvalue weighted by molar-refractivity contribution is 7.80. The fraction of sp³-hybridized carbons (Fsp3) is 0. The highest BCUT2D eigenvalue weighted by atomic mass is 32.2. The second kappa shape index (κ2) is 5.41. The van der Waals surface area contributed by atoms with Crippen LogP contribution in [0.25, 0.3) is 11.0 Å². The van der Waals surface area contributed by atoms with Gasteiger partial charge in [-0.2, -0.15) is 0 Å². The molecule has 0 saturated heterocycles. The Balaban J connectivity index is 2.03. The van der Waals surface area contributed by atoms with Crippen molar-refractivity contribution >= 4 is 27.7 Å². The maximum absolute atomic E-state index is 12.2. The van der Waals surface area contributed by atoms with Gasteiger partial charge in [0.25, 0.3) is 0 Å². The minimum atomic E-state index is -1.70. The first-order valence-electron chi connectivity index (χ1n) is 6.12. The van der Waals surface area contributed by atoms with Crippen LogP contribution < -0.4 is 15.5 Å². The van der Waals surface area contributed by atoms with Gasteiger partial charge in [0.2, 0.25) is 11.1 Å². The van der Waals surface area contributed by atoms with Gasteiger partial charge in [-0.15, -0.1) is 0 Å². The van der Waals surface area contributed by atoms with Gasteiger partial charge in [0.05, 0.1) is 4.90 Å². The van der Waals surface area contributed by atoms with Crippen molar-refractivity contribution in [2.24, 2.45) is 0 Å². The fourth-order valence-corrected chi connectivity index (χ4v) is 2.63. The summed E-state index contributed by atoms with van der Waals surface area (Å²) in [5.74, 6) is 0.229. The summed E-state index contributed by atoms with van der Waals surface area (Å²) in [6.45, 7) is 0. The van der Waals surface area contributed by atoms with Crippen LogP contribution in [-0.2, 0) is 11.1 Å². The predicted octanol–water partition coefficient (Wildman–Crippen LogP) is 2.48. The molecule has 0 bridgehead atoms. The average Bonchev–Trinajstić information content (AvgIpc) is 2.50. The molecule has 3 rings (SSSR count). The van der Waals surface area contributed by atoms with Crippen molar-refractivity contribution < 1.29 is 12.8 Å². The van der Waals surface area contributed by atoms with Crippen molar-refractivity contribution in [3.05, 3.63) is 65.0 Å². The Morgan fingerprint density at radius 1 is 1.05 bits per heavy atom. The van der Waals surface area contributed by atoms with Gasteiger partial charge in [-0.25, -0.2) is 9.00 Å². The molecule has 6 heteroatoms. The summed E-state index contributed by atoms with van der Waals surface area (Å²) in [4.78, 5) is 12.0. The van der Waals surface area contributed by atoms with E-state index in [0.29, 0.717) is 10.3 Å². The normalized spacial score (nSPS) is 12.2. The zero-order valence-corrected chi connectivity index (χ0v) is 11.6. The summed E-state index contributed by atoms with van der Waals surface area (Å²) in [5, 5.41) is 0.606. The smallest absolute Gasteiger partial charge is 0.359 e. The lowest BCUT2D eigenvalue weighted by Gasteiger charge is -2.07. The fourth-order valence-electron chi connectivity index (χ4n) is 1.86. The number of rotatable bonds is 3. The molecule has 5 nitrogen and oxygen atoms in total. The molecule has 0 radical (unpaired) electrons. The number of anilines is 1. The standard InChI is InChI=1S/C15H11NO4S/c16-12-9-10-5-4-8-13(14(10)19-15(12)17)20-21(18)11-6-2-1-3-7-11/h1-9H,16H2. The molecular formula is C15H11NO4S. The molecule has 0 aliphatic carbocycles. The molecule has 2 aromatic carbocycles. The second-order valence-corrected chi connectivity index (χ2v) is 5.40. The molecule has 1 unspecified atom stereocenters. The lowest BCUT2D eigenvalue weighted by atomic mass is 10.2. The molecule has 1 aromatic heterocycles. The van der Waals surface area contributed by atoms with Gasteiger partial charge in [-0.05, 0) is 24.3 Å². The van der Waals surface area contributed by atoms with Gasteiger partial charge in [0.1, 0.15) is 5.69 Å². The number of para-hydroxylation sites is 1. The van der Waals surface area contributed by atoms with Crippen LogP contribution in [0.15, 0.2) is 68.7 Å². The number of nitrogen functional groups attached to an aromatic ring is 1. The molecule has 1 atom stereocenters. The predicted molar refractivity (Wildman–Crippen MR) is 80.4 cm³/mol. The highest BCUT2D eigenvalue weighted by Gasteiger charge is 2.12. The van der Waals surface area contributed by atoms with Crippen LogP contribution in [0.2, 0.25) is 0 Å². The lowest BCUT2D eigenvalue weighted by Crippen LogP contribution is -2.07. The summed E-state index contributed by atoms with van der Waals surface area (Å²) in [5.41, 5.74) is 5.11. The molecule has 0 amide bonds. The lowest BCUT2D eigenvalue weighted by molar-refractivity contribution is 0.523. The third-order valence-corrected chi connectivity index (χ3v) is 3.84. The molecular weight excluding hydrogens is 290 g/mol. The number of hydrogen-bond donors (Lipinski definition) is 1. The summed E-state index contributed by atoms with van der Waals surface area (Å²) in [6, 6.07) is 15.3. The molecule has 1 heterocycles. The zero-order chi connectivity index (χ0) is 14.8.